The van der Waals surface area contributed by atoms with Crippen LogP contribution in [0.1, 0.15) is 18.1 Å². The lowest BCUT2D eigenvalue weighted by Crippen LogP contribution is -2.18. The second-order valence-corrected chi connectivity index (χ2v) is 6.23. The molecule has 21 heavy (non-hydrogen) atoms. The molecular formula is C16H16BrFN2S. The Kier molecular flexibility index (Phi) is 5.31. The largest absolute Gasteiger partial charge is 0.389 e. The topological polar surface area (TPSA) is 38.0 Å². The summed E-state index contributed by atoms with van der Waals surface area (Å²) in [7, 11) is 0. The molecule has 110 valence electrons. The van der Waals surface area contributed by atoms with Crippen molar-refractivity contribution in [1.82, 2.24) is 0 Å². The molecule has 0 aliphatic carbocycles. The standard InChI is InChI=1S/C16H16BrFN2S/c1-10(8-11-2-5-13(18)6-3-11)20-15-7-4-12(16(19)21)9-14(15)17/h2-7,9-10,20H,8H2,1H3,(H2,19,21). The number of thiocarbonyl (C=S) groups is 1. The van der Waals surface area contributed by atoms with E-state index in [-0.39, 0.29) is 11.9 Å². The third-order valence-electron chi connectivity index (χ3n) is 3.11. The zero-order chi connectivity index (χ0) is 15.4. The fourth-order valence-electron chi connectivity index (χ4n) is 2.08. The molecule has 2 nitrogen and oxygen atoms in total. The minimum absolute atomic E-state index is 0.211. The van der Waals surface area contributed by atoms with Crippen LogP contribution < -0.4 is 11.1 Å². The van der Waals surface area contributed by atoms with Crippen LogP contribution in [0, 0.1) is 5.82 Å². The summed E-state index contributed by atoms with van der Waals surface area (Å²) in [6.45, 7) is 2.08. The number of benzene rings is 2. The van der Waals surface area contributed by atoms with Crippen molar-refractivity contribution in [2.24, 2.45) is 5.73 Å². The molecule has 5 heteroatoms. The minimum atomic E-state index is -0.213. The Bertz CT molecular complexity index is 643. The fourth-order valence-corrected chi connectivity index (χ4v) is 2.70. The number of hydrogen-bond donors (Lipinski definition) is 2. The van der Waals surface area contributed by atoms with Crippen LogP contribution in [0.15, 0.2) is 46.9 Å². The average molecular weight is 367 g/mol. The molecular weight excluding hydrogens is 351 g/mol. The van der Waals surface area contributed by atoms with E-state index in [1.54, 1.807) is 12.1 Å². The van der Waals surface area contributed by atoms with E-state index in [1.165, 1.54) is 12.1 Å². The molecule has 0 bridgehead atoms. The monoisotopic (exact) mass is 366 g/mol. The summed E-state index contributed by atoms with van der Waals surface area (Å²) in [6, 6.07) is 12.5. The van der Waals surface area contributed by atoms with E-state index >= 15 is 0 Å². The van der Waals surface area contributed by atoms with Crippen LogP contribution in [0.25, 0.3) is 0 Å². The molecule has 0 aliphatic rings. The zero-order valence-electron chi connectivity index (χ0n) is 11.6. The number of rotatable bonds is 5. The lowest BCUT2D eigenvalue weighted by atomic mass is 10.1. The highest BCUT2D eigenvalue weighted by Gasteiger charge is 2.08. The van der Waals surface area contributed by atoms with Gasteiger partial charge in [-0.3, -0.25) is 0 Å². The van der Waals surface area contributed by atoms with E-state index in [1.807, 2.05) is 18.2 Å². The Balaban J connectivity index is 2.04. The maximum atomic E-state index is 12.9. The Morgan fingerprint density at radius 2 is 1.95 bits per heavy atom. The van der Waals surface area contributed by atoms with Gasteiger partial charge in [0, 0.05) is 21.8 Å². The summed E-state index contributed by atoms with van der Waals surface area (Å²) < 4.78 is 13.8. The first-order chi connectivity index (χ1) is 9.95. The summed E-state index contributed by atoms with van der Waals surface area (Å²) in [5.74, 6) is -0.213. The second-order valence-electron chi connectivity index (χ2n) is 4.93. The van der Waals surface area contributed by atoms with Gasteiger partial charge in [-0.05, 0) is 65.2 Å². The van der Waals surface area contributed by atoms with Crippen LogP contribution in [0.2, 0.25) is 0 Å². The SMILES string of the molecule is CC(Cc1ccc(F)cc1)Nc1ccc(C(N)=S)cc1Br. The maximum absolute atomic E-state index is 12.9. The van der Waals surface area contributed by atoms with Crippen LogP contribution in [-0.2, 0) is 6.42 Å². The summed E-state index contributed by atoms with van der Waals surface area (Å²) in [4.78, 5) is 0.376. The first-order valence-electron chi connectivity index (χ1n) is 6.56. The molecule has 0 heterocycles. The molecule has 0 fully saturated rings. The zero-order valence-corrected chi connectivity index (χ0v) is 14.0. The van der Waals surface area contributed by atoms with E-state index in [9.17, 15) is 4.39 Å². The molecule has 2 aromatic rings. The van der Waals surface area contributed by atoms with Gasteiger partial charge in [-0.25, -0.2) is 4.39 Å². The van der Waals surface area contributed by atoms with Gasteiger partial charge in [-0.1, -0.05) is 24.4 Å². The van der Waals surface area contributed by atoms with Crippen molar-refractivity contribution in [2.45, 2.75) is 19.4 Å². The summed E-state index contributed by atoms with van der Waals surface area (Å²) >= 11 is 8.47. The highest BCUT2D eigenvalue weighted by atomic mass is 79.9. The van der Waals surface area contributed by atoms with Gasteiger partial charge < -0.3 is 11.1 Å². The van der Waals surface area contributed by atoms with Crippen molar-refractivity contribution in [3.8, 4) is 0 Å². The molecule has 2 rings (SSSR count). The smallest absolute Gasteiger partial charge is 0.123 e. The quantitative estimate of drug-likeness (QED) is 0.776. The lowest BCUT2D eigenvalue weighted by Gasteiger charge is -2.17. The van der Waals surface area contributed by atoms with Crippen molar-refractivity contribution in [3.05, 3.63) is 63.9 Å². The van der Waals surface area contributed by atoms with Crippen LogP contribution in [-0.4, -0.2) is 11.0 Å². The minimum Gasteiger partial charge on any atom is -0.389 e. The van der Waals surface area contributed by atoms with E-state index in [0.717, 1.165) is 27.7 Å². The van der Waals surface area contributed by atoms with Crippen molar-refractivity contribution in [2.75, 3.05) is 5.32 Å². The molecule has 0 amide bonds. The van der Waals surface area contributed by atoms with Crippen LogP contribution in [0.5, 0.6) is 0 Å². The van der Waals surface area contributed by atoms with Gasteiger partial charge in [0.15, 0.2) is 0 Å². The first-order valence-corrected chi connectivity index (χ1v) is 7.76. The number of halogens is 2. The second kappa shape index (κ2) is 7.00. The molecule has 0 saturated carbocycles. The van der Waals surface area contributed by atoms with Crippen LogP contribution in [0.4, 0.5) is 10.1 Å². The molecule has 3 N–H and O–H groups in total. The third-order valence-corrected chi connectivity index (χ3v) is 4.00. The lowest BCUT2D eigenvalue weighted by molar-refractivity contribution is 0.626. The maximum Gasteiger partial charge on any atom is 0.123 e. The van der Waals surface area contributed by atoms with Crippen LogP contribution >= 0.6 is 28.1 Å². The molecule has 1 atom stereocenters. The van der Waals surface area contributed by atoms with Crippen molar-refractivity contribution >= 4 is 38.8 Å². The van der Waals surface area contributed by atoms with Gasteiger partial charge in [-0.15, -0.1) is 0 Å². The van der Waals surface area contributed by atoms with E-state index < -0.39 is 0 Å². The van der Waals surface area contributed by atoms with Crippen LogP contribution in [0.3, 0.4) is 0 Å². The summed E-state index contributed by atoms with van der Waals surface area (Å²) in [5.41, 5.74) is 8.50. The van der Waals surface area contributed by atoms with Crippen molar-refractivity contribution in [3.63, 3.8) is 0 Å². The van der Waals surface area contributed by atoms with Gasteiger partial charge in [0.25, 0.3) is 0 Å². The average Bonchev–Trinajstić information content (AvgIpc) is 2.43. The Labute approximate surface area is 137 Å². The Hall–Kier alpha value is -1.46. The van der Waals surface area contributed by atoms with Crippen molar-refractivity contribution < 1.29 is 4.39 Å². The van der Waals surface area contributed by atoms with E-state index in [4.69, 9.17) is 18.0 Å². The van der Waals surface area contributed by atoms with Gasteiger partial charge in [0.2, 0.25) is 0 Å². The normalized spacial score (nSPS) is 12.0. The first kappa shape index (κ1) is 15.9. The highest BCUT2D eigenvalue weighted by Crippen LogP contribution is 2.25. The molecule has 1 unspecified atom stereocenters. The fraction of sp³-hybridized carbons (Fsp3) is 0.188. The molecule has 0 radical (unpaired) electrons. The number of hydrogen-bond acceptors (Lipinski definition) is 2. The Morgan fingerprint density at radius 1 is 1.29 bits per heavy atom. The van der Waals surface area contributed by atoms with Gasteiger partial charge in [0.1, 0.15) is 10.8 Å². The molecule has 0 spiro atoms. The number of anilines is 1. The highest BCUT2D eigenvalue weighted by molar-refractivity contribution is 9.10. The molecule has 0 saturated heterocycles. The molecule has 0 aromatic heterocycles. The molecule has 2 aromatic carbocycles. The summed E-state index contributed by atoms with van der Waals surface area (Å²) in [5, 5.41) is 3.41. The Morgan fingerprint density at radius 3 is 2.52 bits per heavy atom. The van der Waals surface area contributed by atoms with Gasteiger partial charge >= 0.3 is 0 Å². The van der Waals surface area contributed by atoms with Gasteiger partial charge in [-0.2, -0.15) is 0 Å². The van der Waals surface area contributed by atoms with E-state index in [2.05, 4.69) is 28.2 Å². The predicted octanol–water partition coefficient (Wildman–Crippen LogP) is 4.27. The predicted molar refractivity (Wildman–Crippen MR) is 93.2 cm³/mol. The number of nitrogens with two attached hydrogens (primary N) is 1. The van der Waals surface area contributed by atoms with Gasteiger partial charge in [0.05, 0.1) is 0 Å². The third kappa shape index (κ3) is 4.51. The summed E-state index contributed by atoms with van der Waals surface area (Å²) in [6.07, 6.45) is 0.809. The van der Waals surface area contributed by atoms with E-state index in [0.29, 0.717) is 4.99 Å². The molecule has 0 aliphatic heterocycles. The number of nitrogens with one attached hydrogen (secondary N) is 1. The van der Waals surface area contributed by atoms with Crippen molar-refractivity contribution in [1.29, 1.82) is 0 Å².